The number of halogens is 2. The normalized spacial score (nSPS) is 11.8. The number of aromatic nitrogens is 1. The molecule has 0 aliphatic carbocycles. The second-order valence-electron chi connectivity index (χ2n) is 4.90. The van der Waals surface area contributed by atoms with Crippen molar-refractivity contribution in [2.45, 2.75) is 6.54 Å². The topological polar surface area (TPSA) is 39.0 Å². The smallest absolute Gasteiger partial charge is 0.185 e. The first-order valence-corrected chi connectivity index (χ1v) is 7.46. The van der Waals surface area contributed by atoms with E-state index >= 15 is 0 Å². The predicted octanol–water partition coefficient (Wildman–Crippen LogP) is 4.67. The predicted molar refractivity (Wildman–Crippen MR) is 90.7 cm³/mol. The lowest BCUT2D eigenvalue weighted by atomic mass is 10.1. The van der Waals surface area contributed by atoms with Crippen molar-refractivity contribution < 1.29 is 4.74 Å². The van der Waals surface area contributed by atoms with Gasteiger partial charge in [0.05, 0.1) is 11.1 Å². The van der Waals surface area contributed by atoms with Crippen LogP contribution in [-0.4, -0.2) is 15.9 Å². The van der Waals surface area contributed by atoms with E-state index in [0.29, 0.717) is 15.7 Å². The standard InChI is InChI=1S/C17H12Cl2N2O/c18-15-6-7-16-13(9-15)8-14(17(19)20-16)11-21(22)10-12-4-2-1-3-5-12/h1-9,11H,10H2/b21-11-. The molecule has 5 heteroatoms. The number of hydroxylamine groups is 1. The Kier molecular flexibility index (Phi) is 4.27. The third-order valence-corrected chi connectivity index (χ3v) is 3.76. The molecule has 0 N–H and O–H groups in total. The molecule has 3 nitrogen and oxygen atoms in total. The molecule has 0 amide bonds. The van der Waals surface area contributed by atoms with Crippen LogP contribution in [-0.2, 0) is 6.54 Å². The molecular formula is C17H12Cl2N2O. The Morgan fingerprint density at radius 3 is 2.59 bits per heavy atom. The molecule has 0 spiro atoms. The maximum absolute atomic E-state index is 12.1. The van der Waals surface area contributed by atoms with Gasteiger partial charge in [-0.2, -0.15) is 0 Å². The van der Waals surface area contributed by atoms with Crippen LogP contribution in [0.3, 0.4) is 0 Å². The molecule has 0 fully saturated rings. The Morgan fingerprint density at radius 2 is 1.82 bits per heavy atom. The third kappa shape index (κ3) is 3.38. The molecule has 1 heterocycles. The highest BCUT2D eigenvalue weighted by atomic mass is 35.5. The minimum Gasteiger partial charge on any atom is -0.624 e. The number of nitrogens with zero attached hydrogens (tertiary/aromatic N) is 2. The van der Waals surface area contributed by atoms with Crippen molar-refractivity contribution in [2.75, 3.05) is 0 Å². The minimum atomic E-state index is 0.255. The molecule has 0 radical (unpaired) electrons. The number of hydrogen-bond acceptors (Lipinski definition) is 2. The highest BCUT2D eigenvalue weighted by molar-refractivity contribution is 6.33. The van der Waals surface area contributed by atoms with E-state index in [0.717, 1.165) is 21.2 Å². The summed E-state index contributed by atoms with van der Waals surface area (Å²) in [6, 6.07) is 16.7. The third-order valence-electron chi connectivity index (χ3n) is 3.22. The lowest BCUT2D eigenvalue weighted by Crippen LogP contribution is -2.06. The van der Waals surface area contributed by atoms with Crippen LogP contribution in [0.2, 0.25) is 10.2 Å². The van der Waals surface area contributed by atoms with E-state index in [-0.39, 0.29) is 6.54 Å². The van der Waals surface area contributed by atoms with Crippen molar-refractivity contribution >= 4 is 40.3 Å². The van der Waals surface area contributed by atoms with Gasteiger partial charge in [-0.05, 0) is 24.3 Å². The summed E-state index contributed by atoms with van der Waals surface area (Å²) in [5, 5.41) is 13.8. The first-order chi connectivity index (χ1) is 10.6. The Balaban J connectivity index is 1.95. The number of hydrogen-bond donors (Lipinski definition) is 0. The number of fused-ring (bicyclic) bond motifs is 1. The Morgan fingerprint density at radius 1 is 1.05 bits per heavy atom. The van der Waals surface area contributed by atoms with Gasteiger partial charge in [0.1, 0.15) is 5.15 Å². The fourth-order valence-electron chi connectivity index (χ4n) is 2.19. The Hall–Kier alpha value is -2.10. The first kappa shape index (κ1) is 14.8. The van der Waals surface area contributed by atoms with Crippen LogP contribution in [0.25, 0.3) is 10.9 Å². The zero-order valence-electron chi connectivity index (χ0n) is 11.5. The van der Waals surface area contributed by atoms with Crippen molar-refractivity contribution in [1.29, 1.82) is 0 Å². The SMILES string of the molecule is [O-]/[N+](=C\c1cc2cc(Cl)ccc2nc1Cl)Cc1ccccc1. The van der Waals surface area contributed by atoms with Gasteiger partial charge >= 0.3 is 0 Å². The van der Waals surface area contributed by atoms with Gasteiger partial charge in [-0.25, -0.2) is 9.72 Å². The first-order valence-electron chi connectivity index (χ1n) is 6.70. The van der Waals surface area contributed by atoms with E-state index in [1.54, 1.807) is 18.2 Å². The maximum Gasteiger partial charge on any atom is 0.185 e. The molecular weight excluding hydrogens is 319 g/mol. The monoisotopic (exact) mass is 330 g/mol. The molecule has 0 saturated carbocycles. The Bertz CT molecular complexity index is 848. The second-order valence-corrected chi connectivity index (χ2v) is 5.69. The summed E-state index contributed by atoms with van der Waals surface area (Å²) in [7, 11) is 0. The number of pyridine rings is 1. The number of rotatable bonds is 3. The van der Waals surface area contributed by atoms with Gasteiger partial charge in [-0.1, -0.05) is 53.5 Å². The molecule has 1 aromatic heterocycles. The highest BCUT2D eigenvalue weighted by Gasteiger charge is 2.07. The highest BCUT2D eigenvalue weighted by Crippen LogP contribution is 2.22. The summed E-state index contributed by atoms with van der Waals surface area (Å²) >= 11 is 12.1. The molecule has 22 heavy (non-hydrogen) atoms. The molecule has 110 valence electrons. The van der Waals surface area contributed by atoms with Crippen LogP contribution in [0.1, 0.15) is 11.1 Å². The number of benzene rings is 2. The maximum atomic E-state index is 12.1. The molecule has 3 rings (SSSR count). The van der Waals surface area contributed by atoms with Crippen LogP contribution < -0.4 is 0 Å². The summed E-state index contributed by atoms with van der Waals surface area (Å²) in [6.45, 7) is 0.255. The largest absolute Gasteiger partial charge is 0.624 e. The fourth-order valence-corrected chi connectivity index (χ4v) is 2.57. The summed E-state index contributed by atoms with van der Waals surface area (Å²) in [6.07, 6.45) is 1.45. The average Bonchev–Trinajstić information content (AvgIpc) is 2.49. The van der Waals surface area contributed by atoms with Crippen LogP contribution in [0.15, 0.2) is 54.6 Å². The molecule has 0 saturated heterocycles. The summed E-state index contributed by atoms with van der Waals surface area (Å²) in [5.41, 5.74) is 2.25. The fraction of sp³-hybridized carbons (Fsp3) is 0.0588. The van der Waals surface area contributed by atoms with E-state index in [2.05, 4.69) is 4.98 Å². The van der Waals surface area contributed by atoms with Crippen molar-refractivity contribution in [3.63, 3.8) is 0 Å². The van der Waals surface area contributed by atoms with E-state index in [4.69, 9.17) is 23.2 Å². The molecule has 0 bridgehead atoms. The van der Waals surface area contributed by atoms with Crippen molar-refractivity contribution in [2.24, 2.45) is 0 Å². The van der Waals surface area contributed by atoms with Gasteiger partial charge in [0.2, 0.25) is 0 Å². The van der Waals surface area contributed by atoms with Gasteiger partial charge < -0.3 is 5.21 Å². The van der Waals surface area contributed by atoms with Gasteiger partial charge in [0.25, 0.3) is 0 Å². The van der Waals surface area contributed by atoms with E-state index in [1.165, 1.54) is 6.21 Å². The van der Waals surface area contributed by atoms with E-state index in [1.807, 2.05) is 36.4 Å². The van der Waals surface area contributed by atoms with Crippen molar-refractivity contribution in [3.05, 3.63) is 81.1 Å². The molecule has 0 aliphatic rings. The zero-order chi connectivity index (χ0) is 15.5. The van der Waals surface area contributed by atoms with Gasteiger partial charge in [-0.15, -0.1) is 0 Å². The van der Waals surface area contributed by atoms with Gasteiger partial charge in [-0.3, -0.25) is 0 Å². The van der Waals surface area contributed by atoms with Crippen molar-refractivity contribution in [3.8, 4) is 0 Å². The quantitative estimate of drug-likeness (QED) is 0.230. The van der Waals surface area contributed by atoms with E-state index in [9.17, 15) is 5.21 Å². The summed E-state index contributed by atoms with van der Waals surface area (Å²) in [4.78, 5) is 4.29. The van der Waals surface area contributed by atoms with Crippen LogP contribution in [0.5, 0.6) is 0 Å². The summed E-state index contributed by atoms with van der Waals surface area (Å²) < 4.78 is 0.842. The molecule has 2 aromatic carbocycles. The molecule has 3 aromatic rings. The van der Waals surface area contributed by atoms with Crippen molar-refractivity contribution in [1.82, 2.24) is 4.98 Å². The zero-order valence-corrected chi connectivity index (χ0v) is 13.1. The molecule has 0 aliphatic heterocycles. The second kappa shape index (κ2) is 6.34. The van der Waals surface area contributed by atoms with Crippen LogP contribution in [0, 0.1) is 5.21 Å². The van der Waals surface area contributed by atoms with Gasteiger partial charge in [0, 0.05) is 16.0 Å². The molecule has 0 atom stereocenters. The van der Waals surface area contributed by atoms with E-state index < -0.39 is 0 Å². The van der Waals surface area contributed by atoms with Crippen LogP contribution in [0.4, 0.5) is 0 Å². The molecule has 0 unspecified atom stereocenters. The lowest BCUT2D eigenvalue weighted by molar-refractivity contribution is -0.469. The van der Waals surface area contributed by atoms with Gasteiger partial charge in [0.15, 0.2) is 12.8 Å². The average molecular weight is 331 g/mol. The summed E-state index contributed by atoms with van der Waals surface area (Å²) in [5.74, 6) is 0. The van der Waals surface area contributed by atoms with Crippen LogP contribution >= 0.6 is 23.2 Å². The Labute approximate surface area is 138 Å². The minimum absolute atomic E-state index is 0.255. The lowest BCUT2D eigenvalue weighted by Gasteiger charge is -2.06.